The number of likely N-dealkylation sites (tertiary alicyclic amines) is 1. The first-order chi connectivity index (χ1) is 9.60. The number of nitriles is 1. The number of hydrogen-bond acceptors (Lipinski definition) is 4. The van der Waals surface area contributed by atoms with Crippen molar-refractivity contribution in [3.63, 3.8) is 0 Å². The van der Waals surface area contributed by atoms with Gasteiger partial charge in [0.2, 0.25) is 5.91 Å². The standard InChI is InChI=1S/C15H20N4O/c1-11(2)15(20)19-7-3-4-13(10-19)18-14-8-12(9-16)5-6-17-14/h5-6,8,11,13H,3-4,7,10H2,1-2H3,(H,17,18). The Bertz CT molecular complexity index is 521. The van der Waals surface area contributed by atoms with Gasteiger partial charge in [-0.3, -0.25) is 4.79 Å². The number of nitrogens with zero attached hydrogens (tertiary/aromatic N) is 3. The van der Waals surface area contributed by atoms with E-state index in [4.69, 9.17) is 5.26 Å². The number of pyridine rings is 1. The van der Waals surface area contributed by atoms with Crippen molar-refractivity contribution in [2.75, 3.05) is 18.4 Å². The Labute approximate surface area is 119 Å². The van der Waals surface area contributed by atoms with Gasteiger partial charge in [-0.1, -0.05) is 13.8 Å². The Morgan fingerprint density at radius 3 is 3.10 bits per heavy atom. The van der Waals surface area contributed by atoms with Gasteiger partial charge < -0.3 is 10.2 Å². The van der Waals surface area contributed by atoms with E-state index in [-0.39, 0.29) is 17.9 Å². The second-order valence-electron chi connectivity index (χ2n) is 5.46. The highest BCUT2D eigenvalue weighted by Gasteiger charge is 2.25. The number of hydrogen-bond donors (Lipinski definition) is 1. The zero-order valence-corrected chi connectivity index (χ0v) is 12.0. The van der Waals surface area contributed by atoms with E-state index in [1.54, 1.807) is 18.3 Å². The lowest BCUT2D eigenvalue weighted by Crippen LogP contribution is -2.46. The maximum atomic E-state index is 12.0. The Morgan fingerprint density at radius 1 is 1.60 bits per heavy atom. The number of amides is 1. The quantitative estimate of drug-likeness (QED) is 0.914. The second kappa shape index (κ2) is 6.38. The van der Waals surface area contributed by atoms with Crippen molar-refractivity contribution in [2.45, 2.75) is 32.7 Å². The van der Waals surface area contributed by atoms with Gasteiger partial charge in [-0.05, 0) is 25.0 Å². The lowest BCUT2D eigenvalue weighted by atomic mass is 10.0. The number of piperidine rings is 1. The molecule has 0 radical (unpaired) electrons. The van der Waals surface area contributed by atoms with Gasteiger partial charge in [0.05, 0.1) is 11.6 Å². The fourth-order valence-corrected chi connectivity index (χ4v) is 2.45. The van der Waals surface area contributed by atoms with Crippen molar-refractivity contribution in [1.82, 2.24) is 9.88 Å². The van der Waals surface area contributed by atoms with Crippen LogP contribution in [0.3, 0.4) is 0 Å². The predicted molar refractivity (Wildman–Crippen MR) is 77.0 cm³/mol. The molecule has 1 N–H and O–H groups in total. The molecule has 1 atom stereocenters. The molecule has 0 aliphatic carbocycles. The number of nitrogens with one attached hydrogen (secondary N) is 1. The summed E-state index contributed by atoms with van der Waals surface area (Å²) in [6.45, 7) is 5.39. The summed E-state index contributed by atoms with van der Waals surface area (Å²) in [4.78, 5) is 18.2. The largest absolute Gasteiger partial charge is 0.366 e. The first-order valence-corrected chi connectivity index (χ1v) is 7.01. The van der Waals surface area contributed by atoms with Gasteiger partial charge in [0.1, 0.15) is 5.82 Å². The molecule has 1 aromatic heterocycles. The van der Waals surface area contributed by atoms with Gasteiger partial charge in [0.15, 0.2) is 0 Å². The normalized spacial score (nSPS) is 18.7. The SMILES string of the molecule is CC(C)C(=O)N1CCCC(Nc2cc(C#N)ccn2)C1. The first kappa shape index (κ1) is 14.3. The number of rotatable bonds is 3. The number of carbonyl (C=O) groups is 1. The van der Waals surface area contributed by atoms with E-state index >= 15 is 0 Å². The van der Waals surface area contributed by atoms with E-state index in [1.165, 1.54) is 0 Å². The lowest BCUT2D eigenvalue weighted by molar-refractivity contribution is -0.135. The number of aromatic nitrogens is 1. The minimum Gasteiger partial charge on any atom is -0.366 e. The van der Waals surface area contributed by atoms with E-state index in [1.807, 2.05) is 18.7 Å². The third-order valence-electron chi connectivity index (χ3n) is 3.47. The monoisotopic (exact) mass is 272 g/mol. The average molecular weight is 272 g/mol. The summed E-state index contributed by atoms with van der Waals surface area (Å²) in [5.41, 5.74) is 0.591. The van der Waals surface area contributed by atoms with Crippen LogP contribution in [-0.4, -0.2) is 34.9 Å². The predicted octanol–water partition coefficient (Wildman–Crippen LogP) is 2.01. The molecule has 1 aliphatic rings. The van der Waals surface area contributed by atoms with Crippen LogP contribution in [0.25, 0.3) is 0 Å². The topological polar surface area (TPSA) is 69.0 Å². The van der Waals surface area contributed by atoms with Crippen LogP contribution in [0, 0.1) is 17.2 Å². The van der Waals surface area contributed by atoms with E-state index in [9.17, 15) is 4.79 Å². The Hall–Kier alpha value is -2.09. The van der Waals surface area contributed by atoms with E-state index < -0.39 is 0 Å². The smallest absolute Gasteiger partial charge is 0.225 e. The van der Waals surface area contributed by atoms with Crippen LogP contribution in [0.5, 0.6) is 0 Å². The van der Waals surface area contributed by atoms with Gasteiger partial charge in [0, 0.05) is 31.2 Å². The fourth-order valence-electron chi connectivity index (χ4n) is 2.45. The molecule has 2 heterocycles. The third kappa shape index (κ3) is 3.47. The van der Waals surface area contributed by atoms with Crippen molar-refractivity contribution in [1.29, 1.82) is 5.26 Å². The van der Waals surface area contributed by atoms with E-state index in [0.717, 1.165) is 19.4 Å². The molecule has 20 heavy (non-hydrogen) atoms. The highest BCUT2D eigenvalue weighted by atomic mass is 16.2. The highest BCUT2D eigenvalue weighted by molar-refractivity contribution is 5.78. The zero-order valence-electron chi connectivity index (χ0n) is 12.0. The highest BCUT2D eigenvalue weighted by Crippen LogP contribution is 2.17. The zero-order chi connectivity index (χ0) is 14.5. The molecule has 1 amide bonds. The van der Waals surface area contributed by atoms with Crippen LogP contribution in [0.15, 0.2) is 18.3 Å². The summed E-state index contributed by atoms with van der Waals surface area (Å²) in [6.07, 6.45) is 3.63. The number of carbonyl (C=O) groups excluding carboxylic acids is 1. The van der Waals surface area contributed by atoms with Crippen LogP contribution in [-0.2, 0) is 4.79 Å². The maximum Gasteiger partial charge on any atom is 0.225 e. The average Bonchev–Trinajstić information content (AvgIpc) is 2.47. The molecule has 0 spiro atoms. The molecule has 0 bridgehead atoms. The molecule has 2 rings (SSSR count). The molecule has 1 fully saturated rings. The molecule has 5 heteroatoms. The molecular weight excluding hydrogens is 252 g/mol. The van der Waals surface area contributed by atoms with Crippen molar-refractivity contribution < 1.29 is 4.79 Å². The molecule has 106 valence electrons. The van der Waals surface area contributed by atoms with Crippen LogP contribution >= 0.6 is 0 Å². The van der Waals surface area contributed by atoms with Crippen molar-refractivity contribution >= 4 is 11.7 Å². The molecule has 1 unspecified atom stereocenters. The van der Waals surface area contributed by atoms with E-state index in [0.29, 0.717) is 17.9 Å². The minimum atomic E-state index is 0.0359. The molecule has 1 aromatic rings. The molecular formula is C15H20N4O. The van der Waals surface area contributed by atoms with Crippen molar-refractivity contribution in [2.24, 2.45) is 5.92 Å². The summed E-state index contributed by atoms with van der Waals surface area (Å²) in [5, 5.41) is 12.2. The van der Waals surface area contributed by atoms with Crippen molar-refractivity contribution in [3.05, 3.63) is 23.9 Å². The summed E-state index contributed by atoms with van der Waals surface area (Å²) < 4.78 is 0. The Kier molecular flexibility index (Phi) is 4.57. The maximum absolute atomic E-state index is 12.0. The van der Waals surface area contributed by atoms with Crippen LogP contribution < -0.4 is 5.32 Å². The van der Waals surface area contributed by atoms with E-state index in [2.05, 4.69) is 16.4 Å². The second-order valence-corrected chi connectivity index (χ2v) is 5.46. The van der Waals surface area contributed by atoms with Crippen molar-refractivity contribution in [3.8, 4) is 6.07 Å². The van der Waals surface area contributed by atoms with Gasteiger partial charge in [-0.25, -0.2) is 4.98 Å². The summed E-state index contributed by atoms with van der Waals surface area (Å²) in [6, 6.07) is 5.72. The van der Waals surface area contributed by atoms with Gasteiger partial charge >= 0.3 is 0 Å². The molecule has 5 nitrogen and oxygen atoms in total. The molecule has 1 aliphatic heterocycles. The summed E-state index contributed by atoms with van der Waals surface area (Å²) in [7, 11) is 0. The van der Waals surface area contributed by atoms with Crippen LogP contribution in [0.2, 0.25) is 0 Å². The van der Waals surface area contributed by atoms with Gasteiger partial charge in [0.25, 0.3) is 0 Å². The Morgan fingerprint density at radius 2 is 2.40 bits per heavy atom. The third-order valence-corrected chi connectivity index (χ3v) is 3.47. The molecule has 1 saturated heterocycles. The minimum absolute atomic E-state index is 0.0359. The summed E-state index contributed by atoms with van der Waals surface area (Å²) >= 11 is 0. The summed E-state index contributed by atoms with van der Waals surface area (Å²) in [5.74, 6) is 0.942. The number of anilines is 1. The van der Waals surface area contributed by atoms with Crippen LogP contribution in [0.4, 0.5) is 5.82 Å². The fraction of sp³-hybridized carbons (Fsp3) is 0.533. The Balaban J connectivity index is 1.99. The van der Waals surface area contributed by atoms with Gasteiger partial charge in [-0.2, -0.15) is 5.26 Å². The van der Waals surface area contributed by atoms with Crippen LogP contribution in [0.1, 0.15) is 32.3 Å². The lowest BCUT2D eigenvalue weighted by Gasteiger charge is -2.34. The molecule has 0 aromatic carbocycles. The first-order valence-electron chi connectivity index (χ1n) is 7.01. The molecule has 0 saturated carbocycles. The van der Waals surface area contributed by atoms with Gasteiger partial charge in [-0.15, -0.1) is 0 Å².